The molecule has 0 atom stereocenters. The third-order valence-corrected chi connectivity index (χ3v) is 3.24. The first-order chi connectivity index (χ1) is 9.67. The first-order valence-electron chi connectivity index (χ1n) is 6.72. The van der Waals surface area contributed by atoms with Gasteiger partial charge in [-0.25, -0.2) is 4.98 Å². The third-order valence-electron chi connectivity index (χ3n) is 3.24. The van der Waals surface area contributed by atoms with Gasteiger partial charge in [-0.05, 0) is 24.8 Å². The molecular formula is C15H19N3O2. The Morgan fingerprint density at radius 3 is 2.85 bits per heavy atom. The van der Waals surface area contributed by atoms with E-state index in [1.807, 2.05) is 31.2 Å². The monoisotopic (exact) mass is 273 g/mol. The van der Waals surface area contributed by atoms with Crippen LogP contribution >= 0.6 is 0 Å². The number of hydrogen-bond donors (Lipinski definition) is 2. The SMILES string of the molecule is CCN(CCCO)C(=O)c1cc2ccccc2c(N)n1. The summed E-state index contributed by atoms with van der Waals surface area (Å²) in [5.41, 5.74) is 6.26. The Morgan fingerprint density at radius 2 is 2.15 bits per heavy atom. The number of anilines is 1. The lowest BCUT2D eigenvalue weighted by Crippen LogP contribution is -2.32. The topological polar surface area (TPSA) is 79.5 Å². The molecule has 0 fully saturated rings. The third kappa shape index (κ3) is 2.88. The number of rotatable bonds is 5. The molecule has 0 saturated carbocycles. The van der Waals surface area contributed by atoms with Crippen molar-refractivity contribution in [3.05, 3.63) is 36.0 Å². The number of fused-ring (bicyclic) bond motifs is 1. The van der Waals surface area contributed by atoms with E-state index < -0.39 is 0 Å². The predicted molar refractivity (Wildman–Crippen MR) is 79.4 cm³/mol. The summed E-state index contributed by atoms with van der Waals surface area (Å²) in [5, 5.41) is 10.6. The number of amides is 1. The summed E-state index contributed by atoms with van der Waals surface area (Å²) in [5.74, 6) is 0.211. The van der Waals surface area contributed by atoms with E-state index in [9.17, 15) is 4.79 Å². The molecular weight excluding hydrogens is 254 g/mol. The number of nitrogens with two attached hydrogens (primary N) is 1. The summed E-state index contributed by atoms with van der Waals surface area (Å²) in [6.45, 7) is 3.06. The molecule has 20 heavy (non-hydrogen) atoms. The van der Waals surface area contributed by atoms with Gasteiger partial charge in [0.15, 0.2) is 0 Å². The summed E-state index contributed by atoms with van der Waals surface area (Å²) < 4.78 is 0. The second kappa shape index (κ2) is 6.34. The Bertz CT molecular complexity index is 613. The second-order valence-corrected chi connectivity index (χ2v) is 4.58. The van der Waals surface area contributed by atoms with Gasteiger partial charge in [0.1, 0.15) is 11.5 Å². The van der Waals surface area contributed by atoms with Crippen molar-refractivity contribution in [2.75, 3.05) is 25.4 Å². The van der Waals surface area contributed by atoms with E-state index >= 15 is 0 Å². The van der Waals surface area contributed by atoms with Crippen molar-refractivity contribution in [3.8, 4) is 0 Å². The van der Waals surface area contributed by atoms with E-state index in [4.69, 9.17) is 10.8 Å². The minimum Gasteiger partial charge on any atom is -0.396 e. The van der Waals surface area contributed by atoms with Gasteiger partial charge >= 0.3 is 0 Å². The van der Waals surface area contributed by atoms with Crippen LogP contribution in [-0.4, -0.2) is 40.6 Å². The van der Waals surface area contributed by atoms with Gasteiger partial charge in [0.05, 0.1) is 0 Å². The van der Waals surface area contributed by atoms with Crippen LogP contribution in [0.5, 0.6) is 0 Å². The van der Waals surface area contributed by atoms with Crippen LogP contribution in [0.1, 0.15) is 23.8 Å². The predicted octanol–water partition coefficient (Wildman–Crippen LogP) is 1.66. The lowest BCUT2D eigenvalue weighted by molar-refractivity contribution is 0.0749. The van der Waals surface area contributed by atoms with Crippen LogP contribution in [0.3, 0.4) is 0 Å². The number of pyridine rings is 1. The number of nitrogens with zero attached hydrogens (tertiary/aromatic N) is 2. The summed E-state index contributed by atoms with van der Waals surface area (Å²) in [6.07, 6.45) is 0.558. The van der Waals surface area contributed by atoms with Crippen molar-refractivity contribution in [1.82, 2.24) is 9.88 Å². The first kappa shape index (κ1) is 14.3. The van der Waals surface area contributed by atoms with Gasteiger partial charge in [0, 0.05) is 25.1 Å². The number of aliphatic hydroxyl groups excluding tert-OH is 1. The average Bonchev–Trinajstić information content (AvgIpc) is 2.47. The van der Waals surface area contributed by atoms with Gasteiger partial charge in [-0.2, -0.15) is 0 Å². The maximum absolute atomic E-state index is 12.4. The lowest BCUT2D eigenvalue weighted by atomic mass is 10.1. The van der Waals surface area contributed by atoms with E-state index in [-0.39, 0.29) is 12.5 Å². The normalized spacial score (nSPS) is 10.7. The zero-order valence-electron chi connectivity index (χ0n) is 11.5. The second-order valence-electron chi connectivity index (χ2n) is 4.58. The van der Waals surface area contributed by atoms with Crippen LogP contribution in [0.4, 0.5) is 5.82 Å². The van der Waals surface area contributed by atoms with E-state index in [0.717, 1.165) is 10.8 Å². The largest absolute Gasteiger partial charge is 0.396 e. The Kier molecular flexibility index (Phi) is 4.53. The van der Waals surface area contributed by atoms with Gasteiger partial charge in [-0.1, -0.05) is 24.3 Å². The molecule has 1 aromatic heterocycles. The Balaban J connectivity index is 2.34. The molecule has 0 aliphatic rings. The first-order valence-corrected chi connectivity index (χ1v) is 6.72. The molecule has 5 heteroatoms. The molecule has 1 amide bonds. The number of carbonyl (C=O) groups is 1. The van der Waals surface area contributed by atoms with Crippen LogP contribution in [0.2, 0.25) is 0 Å². The van der Waals surface area contributed by atoms with E-state index in [2.05, 4.69) is 4.98 Å². The van der Waals surface area contributed by atoms with E-state index in [0.29, 0.717) is 31.0 Å². The molecule has 0 unspecified atom stereocenters. The molecule has 0 aliphatic carbocycles. The maximum Gasteiger partial charge on any atom is 0.272 e. The highest BCUT2D eigenvalue weighted by Gasteiger charge is 2.16. The molecule has 0 saturated heterocycles. The van der Waals surface area contributed by atoms with Crippen LogP contribution in [-0.2, 0) is 0 Å². The van der Waals surface area contributed by atoms with Crippen LogP contribution in [0, 0.1) is 0 Å². The fourth-order valence-corrected chi connectivity index (χ4v) is 2.16. The number of aromatic nitrogens is 1. The van der Waals surface area contributed by atoms with Crippen molar-refractivity contribution < 1.29 is 9.90 Å². The number of aliphatic hydroxyl groups is 1. The van der Waals surface area contributed by atoms with E-state index in [1.54, 1.807) is 11.0 Å². The lowest BCUT2D eigenvalue weighted by Gasteiger charge is -2.20. The molecule has 3 N–H and O–H groups in total. The van der Waals surface area contributed by atoms with Crippen molar-refractivity contribution in [1.29, 1.82) is 0 Å². The number of benzene rings is 1. The zero-order chi connectivity index (χ0) is 14.5. The Labute approximate surface area is 118 Å². The molecule has 2 aromatic rings. The molecule has 0 spiro atoms. The highest BCUT2D eigenvalue weighted by molar-refractivity contribution is 5.99. The summed E-state index contributed by atoms with van der Waals surface area (Å²) >= 11 is 0. The molecule has 2 rings (SSSR count). The fourth-order valence-electron chi connectivity index (χ4n) is 2.16. The Hall–Kier alpha value is -2.14. The van der Waals surface area contributed by atoms with Gasteiger partial charge in [0.2, 0.25) is 0 Å². The smallest absolute Gasteiger partial charge is 0.272 e. The minimum atomic E-state index is -0.154. The number of carbonyl (C=O) groups excluding carboxylic acids is 1. The summed E-state index contributed by atoms with van der Waals surface area (Å²) in [4.78, 5) is 18.3. The van der Waals surface area contributed by atoms with Crippen LogP contribution in [0.25, 0.3) is 10.8 Å². The Morgan fingerprint density at radius 1 is 1.40 bits per heavy atom. The summed E-state index contributed by atoms with van der Waals surface area (Å²) in [7, 11) is 0. The van der Waals surface area contributed by atoms with Crippen molar-refractivity contribution in [2.45, 2.75) is 13.3 Å². The molecule has 106 valence electrons. The fraction of sp³-hybridized carbons (Fsp3) is 0.333. The van der Waals surface area contributed by atoms with Crippen molar-refractivity contribution in [2.24, 2.45) is 0 Å². The highest BCUT2D eigenvalue weighted by atomic mass is 16.3. The molecule has 0 aliphatic heterocycles. The van der Waals surface area contributed by atoms with Gasteiger partial charge in [-0.15, -0.1) is 0 Å². The van der Waals surface area contributed by atoms with Crippen molar-refractivity contribution in [3.63, 3.8) is 0 Å². The number of nitrogen functional groups attached to an aromatic ring is 1. The molecule has 0 bridgehead atoms. The molecule has 1 aromatic carbocycles. The molecule has 1 heterocycles. The quantitative estimate of drug-likeness (QED) is 0.868. The van der Waals surface area contributed by atoms with Crippen molar-refractivity contribution >= 4 is 22.5 Å². The number of hydrogen-bond acceptors (Lipinski definition) is 4. The van der Waals surface area contributed by atoms with Crippen LogP contribution in [0.15, 0.2) is 30.3 Å². The zero-order valence-corrected chi connectivity index (χ0v) is 11.5. The van der Waals surface area contributed by atoms with E-state index in [1.165, 1.54) is 0 Å². The highest BCUT2D eigenvalue weighted by Crippen LogP contribution is 2.20. The molecule has 5 nitrogen and oxygen atoms in total. The van der Waals surface area contributed by atoms with Crippen LogP contribution < -0.4 is 5.73 Å². The average molecular weight is 273 g/mol. The molecule has 0 radical (unpaired) electrons. The van der Waals surface area contributed by atoms with Gasteiger partial charge < -0.3 is 15.7 Å². The maximum atomic E-state index is 12.4. The standard InChI is InChI=1S/C15H19N3O2/c1-2-18(8-5-9-19)15(20)13-10-11-6-3-4-7-12(11)14(16)17-13/h3-4,6-7,10,19H,2,5,8-9H2,1H3,(H2,16,17). The minimum absolute atomic E-state index is 0.0665. The van der Waals surface area contributed by atoms with Gasteiger partial charge in [-0.3, -0.25) is 4.79 Å². The van der Waals surface area contributed by atoms with Gasteiger partial charge in [0.25, 0.3) is 5.91 Å². The summed E-state index contributed by atoms with van der Waals surface area (Å²) in [6, 6.07) is 9.35.